The molecular weight excluding hydrogens is 412 g/mol. The van der Waals surface area contributed by atoms with Crippen molar-refractivity contribution in [3.8, 4) is 5.75 Å². The average Bonchev–Trinajstić information content (AvgIpc) is 2.74. The number of anilines is 1. The smallest absolute Gasteiger partial charge is 0.329 e. The normalized spacial score (nSPS) is 10.7. The molecule has 31 heavy (non-hydrogen) atoms. The lowest BCUT2D eigenvalue weighted by Gasteiger charge is -2.09. The molecular formula is C20H32N2O9. The van der Waals surface area contributed by atoms with Gasteiger partial charge in [-0.15, -0.1) is 0 Å². The van der Waals surface area contributed by atoms with E-state index < -0.39 is 18.5 Å². The van der Waals surface area contributed by atoms with E-state index in [1.165, 1.54) is 0 Å². The summed E-state index contributed by atoms with van der Waals surface area (Å²) in [6.45, 7) is 3.31. The van der Waals surface area contributed by atoms with Crippen LogP contribution in [0.5, 0.6) is 5.75 Å². The van der Waals surface area contributed by atoms with E-state index in [0.717, 1.165) is 0 Å². The topological polar surface area (TPSA) is 148 Å². The number of rotatable bonds is 20. The number of carboxylic acids is 1. The maximum Gasteiger partial charge on any atom is 0.329 e. The van der Waals surface area contributed by atoms with E-state index >= 15 is 0 Å². The summed E-state index contributed by atoms with van der Waals surface area (Å²) < 4.78 is 31.6. The van der Waals surface area contributed by atoms with Crippen LogP contribution < -0.4 is 15.8 Å². The van der Waals surface area contributed by atoms with Crippen LogP contribution in [-0.2, 0) is 33.3 Å². The zero-order valence-electron chi connectivity index (χ0n) is 17.6. The highest BCUT2D eigenvalue weighted by molar-refractivity contribution is 5.77. The molecule has 1 amide bonds. The number of aliphatic carboxylic acids is 1. The Morgan fingerprint density at radius 3 is 1.90 bits per heavy atom. The van der Waals surface area contributed by atoms with E-state index in [1.54, 1.807) is 6.07 Å². The second-order valence-corrected chi connectivity index (χ2v) is 6.07. The number of nitrogens with two attached hydrogens (primary N) is 1. The van der Waals surface area contributed by atoms with Crippen LogP contribution in [0.25, 0.3) is 0 Å². The summed E-state index contributed by atoms with van der Waals surface area (Å²) in [5, 5.41) is 10.9. The first-order valence-electron chi connectivity index (χ1n) is 9.94. The van der Waals surface area contributed by atoms with Gasteiger partial charge in [0, 0.05) is 6.54 Å². The summed E-state index contributed by atoms with van der Waals surface area (Å²) in [7, 11) is 0. The number of hydrogen-bond donors (Lipinski definition) is 3. The number of para-hydroxylation sites is 2. The van der Waals surface area contributed by atoms with Gasteiger partial charge in [0.1, 0.15) is 25.6 Å². The van der Waals surface area contributed by atoms with Crippen LogP contribution in [0, 0.1) is 0 Å². The molecule has 0 spiro atoms. The average molecular weight is 444 g/mol. The van der Waals surface area contributed by atoms with Gasteiger partial charge in [-0.1, -0.05) is 12.1 Å². The number of carbonyl (C=O) groups excluding carboxylic acids is 1. The van der Waals surface area contributed by atoms with Gasteiger partial charge in [-0.3, -0.25) is 4.79 Å². The van der Waals surface area contributed by atoms with Crippen molar-refractivity contribution in [3.63, 3.8) is 0 Å². The van der Waals surface area contributed by atoms with Gasteiger partial charge in [0.15, 0.2) is 0 Å². The quantitative estimate of drug-likeness (QED) is 0.184. The summed E-state index contributed by atoms with van der Waals surface area (Å²) >= 11 is 0. The second kappa shape index (κ2) is 18.3. The van der Waals surface area contributed by atoms with Crippen molar-refractivity contribution in [3.05, 3.63) is 24.3 Å². The molecule has 0 aliphatic carbocycles. The van der Waals surface area contributed by atoms with Crippen molar-refractivity contribution in [1.29, 1.82) is 0 Å². The van der Waals surface area contributed by atoms with Crippen molar-refractivity contribution in [2.75, 3.05) is 85.0 Å². The minimum atomic E-state index is -1.12. The third-order valence-corrected chi connectivity index (χ3v) is 3.55. The van der Waals surface area contributed by atoms with Crippen LogP contribution in [0.15, 0.2) is 24.3 Å². The molecule has 0 aromatic heterocycles. The van der Waals surface area contributed by atoms with Gasteiger partial charge < -0.3 is 44.6 Å². The maximum atomic E-state index is 11.3. The highest BCUT2D eigenvalue weighted by Crippen LogP contribution is 2.19. The van der Waals surface area contributed by atoms with Crippen molar-refractivity contribution in [2.24, 2.45) is 0 Å². The summed E-state index contributed by atoms with van der Waals surface area (Å²) in [4.78, 5) is 21.5. The lowest BCUT2D eigenvalue weighted by molar-refractivity contribution is -0.143. The van der Waals surface area contributed by atoms with Crippen molar-refractivity contribution >= 4 is 17.6 Å². The lowest BCUT2D eigenvalue weighted by Crippen LogP contribution is -2.31. The number of carboxylic acid groups (broad SMARTS) is 1. The summed E-state index contributed by atoms with van der Waals surface area (Å²) in [6, 6.07) is 7.30. The summed E-state index contributed by atoms with van der Waals surface area (Å²) in [5.74, 6) is -0.864. The number of carbonyl (C=O) groups is 2. The van der Waals surface area contributed by atoms with Crippen LogP contribution in [0.3, 0.4) is 0 Å². The fourth-order valence-corrected chi connectivity index (χ4v) is 2.13. The number of benzene rings is 1. The predicted octanol–water partition coefficient (Wildman–Crippen LogP) is -0.0686. The first-order valence-corrected chi connectivity index (χ1v) is 9.94. The Balaban J connectivity index is 1.75. The van der Waals surface area contributed by atoms with Crippen molar-refractivity contribution < 1.29 is 43.1 Å². The van der Waals surface area contributed by atoms with Crippen molar-refractivity contribution in [1.82, 2.24) is 5.32 Å². The molecule has 1 aromatic rings. The standard InChI is InChI=1S/C20H32N2O9/c21-17-3-1-2-4-18(17)31-14-13-29-12-11-28-10-9-27-8-7-26-6-5-22-19(23)15-30-16-20(24)25/h1-4H,5-16,21H2,(H,22,23)(H,24,25). The zero-order chi connectivity index (χ0) is 22.6. The molecule has 0 bridgehead atoms. The Kier molecular flexibility index (Phi) is 15.7. The van der Waals surface area contributed by atoms with Gasteiger partial charge in [0.05, 0.1) is 58.5 Å². The fourth-order valence-electron chi connectivity index (χ4n) is 2.13. The Hall–Kier alpha value is -2.44. The van der Waals surface area contributed by atoms with Crippen molar-refractivity contribution in [2.45, 2.75) is 0 Å². The van der Waals surface area contributed by atoms with Crippen LogP contribution in [0.4, 0.5) is 5.69 Å². The summed E-state index contributed by atoms with van der Waals surface area (Å²) in [5.41, 5.74) is 6.37. The highest BCUT2D eigenvalue weighted by Gasteiger charge is 2.03. The monoisotopic (exact) mass is 444 g/mol. The van der Waals surface area contributed by atoms with E-state index in [0.29, 0.717) is 77.4 Å². The number of ether oxygens (including phenoxy) is 6. The molecule has 0 unspecified atom stereocenters. The SMILES string of the molecule is Nc1ccccc1OCCOCCOCCOCCOCCNC(=O)COCC(=O)O. The number of hydrogen-bond acceptors (Lipinski definition) is 9. The molecule has 0 fully saturated rings. The van der Waals surface area contributed by atoms with Gasteiger partial charge in [-0.2, -0.15) is 0 Å². The third kappa shape index (κ3) is 16.0. The molecule has 0 aliphatic rings. The highest BCUT2D eigenvalue weighted by atomic mass is 16.6. The van der Waals surface area contributed by atoms with E-state index in [1.807, 2.05) is 18.2 Å². The van der Waals surface area contributed by atoms with Gasteiger partial charge >= 0.3 is 5.97 Å². The number of nitrogen functional groups attached to an aromatic ring is 1. The zero-order valence-corrected chi connectivity index (χ0v) is 17.6. The molecule has 0 heterocycles. The molecule has 4 N–H and O–H groups in total. The molecule has 0 saturated carbocycles. The third-order valence-electron chi connectivity index (χ3n) is 3.55. The first kappa shape index (κ1) is 26.6. The van der Waals surface area contributed by atoms with E-state index in [2.05, 4.69) is 10.1 Å². The van der Waals surface area contributed by atoms with Crippen LogP contribution in [0.1, 0.15) is 0 Å². The maximum absolute atomic E-state index is 11.3. The van der Waals surface area contributed by atoms with Gasteiger partial charge in [0.2, 0.25) is 5.91 Å². The van der Waals surface area contributed by atoms with E-state index in [-0.39, 0.29) is 6.61 Å². The van der Waals surface area contributed by atoms with Crippen LogP contribution in [0.2, 0.25) is 0 Å². The fraction of sp³-hybridized carbons (Fsp3) is 0.600. The van der Waals surface area contributed by atoms with Gasteiger partial charge in [-0.25, -0.2) is 4.79 Å². The predicted molar refractivity (Wildman–Crippen MR) is 111 cm³/mol. The van der Waals surface area contributed by atoms with E-state index in [4.69, 9.17) is 34.5 Å². The number of amides is 1. The van der Waals surface area contributed by atoms with E-state index in [9.17, 15) is 9.59 Å². The molecule has 0 aliphatic heterocycles. The van der Waals surface area contributed by atoms with Gasteiger partial charge in [-0.05, 0) is 12.1 Å². The van der Waals surface area contributed by atoms with Gasteiger partial charge in [0.25, 0.3) is 0 Å². The van der Waals surface area contributed by atoms with Crippen LogP contribution >= 0.6 is 0 Å². The molecule has 1 aromatic carbocycles. The Bertz CT molecular complexity index is 616. The molecule has 11 nitrogen and oxygen atoms in total. The number of nitrogens with one attached hydrogen (secondary N) is 1. The van der Waals surface area contributed by atoms with Crippen LogP contribution in [-0.4, -0.2) is 96.2 Å². The summed E-state index contributed by atoms with van der Waals surface area (Å²) in [6.07, 6.45) is 0. The largest absolute Gasteiger partial charge is 0.489 e. The second-order valence-electron chi connectivity index (χ2n) is 6.07. The Morgan fingerprint density at radius 1 is 0.774 bits per heavy atom. The molecule has 0 atom stereocenters. The molecule has 1 rings (SSSR count). The molecule has 176 valence electrons. The lowest BCUT2D eigenvalue weighted by atomic mass is 10.3. The molecule has 11 heteroatoms. The molecule has 0 radical (unpaired) electrons. The molecule has 0 saturated heterocycles. The Labute approximate surface area is 181 Å². The minimum Gasteiger partial charge on any atom is -0.489 e. The Morgan fingerprint density at radius 2 is 1.32 bits per heavy atom. The first-order chi connectivity index (χ1) is 15.1. The minimum absolute atomic E-state index is 0.295.